The van der Waals surface area contributed by atoms with Crippen LogP contribution in [0.2, 0.25) is 4.34 Å². The molecule has 0 bridgehead atoms. The third-order valence-corrected chi connectivity index (χ3v) is 5.87. The smallest absolute Gasteiger partial charge is 0.105 e. The fourth-order valence-electron chi connectivity index (χ4n) is 3.33. The van der Waals surface area contributed by atoms with E-state index in [1.807, 2.05) is 0 Å². The molecule has 1 fully saturated rings. The van der Waals surface area contributed by atoms with E-state index in [-0.39, 0.29) is 5.60 Å². The first-order valence-corrected chi connectivity index (χ1v) is 8.02. The van der Waals surface area contributed by atoms with Crippen molar-refractivity contribution in [2.45, 2.75) is 44.4 Å². The molecule has 2 aliphatic heterocycles. The standard InChI is InChI=1S/C14H20ClNO2S/c1-9-7-14(4-5-16-9)12-10(3-6-18-14)11(8-17-2)13(15)19-12/h9,16H,3-8H2,1-2H3/t9-,14+/m0/s1. The van der Waals surface area contributed by atoms with Crippen molar-refractivity contribution in [1.82, 2.24) is 5.32 Å². The topological polar surface area (TPSA) is 30.5 Å². The quantitative estimate of drug-likeness (QED) is 0.910. The van der Waals surface area contributed by atoms with Crippen LogP contribution in [0.3, 0.4) is 0 Å². The summed E-state index contributed by atoms with van der Waals surface area (Å²) < 4.78 is 12.4. The lowest BCUT2D eigenvalue weighted by atomic mass is 9.82. The second-order valence-corrected chi connectivity index (χ2v) is 7.12. The first-order chi connectivity index (χ1) is 9.16. The third-order valence-electron chi connectivity index (χ3n) is 4.16. The average molecular weight is 302 g/mol. The van der Waals surface area contributed by atoms with Gasteiger partial charge in [0.1, 0.15) is 5.60 Å². The van der Waals surface area contributed by atoms with Crippen molar-refractivity contribution >= 4 is 22.9 Å². The molecule has 2 atom stereocenters. The fraction of sp³-hybridized carbons (Fsp3) is 0.714. The molecule has 1 saturated heterocycles. The van der Waals surface area contributed by atoms with E-state index in [0.29, 0.717) is 12.6 Å². The molecule has 0 aromatic carbocycles. The van der Waals surface area contributed by atoms with E-state index in [2.05, 4.69) is 12.2 Å². The summed E-state index contributed by atoms with van der Waals surface area (Å²) in [6.07, 6.45) is 3.03. The molecule has 3 heterocycles. The summed E-state index contributed by atoms with van der Waals surface area (Å²) in [5.74, 6) is 0. The molecule has 19 heavy (non-hydrogen) atoms. The van der Waals surface area contributed by atoms with E-state index in [1.165, 1.54) is 16.0 Å². The molecule has 0 radical (unpaired) electrons. The molecule has 1 aromatic rings. The number of rotatable bonds is 2. The van der Waals surface area contributed by atoms with E-state index in [1.54, 1.807) is 18.4 Å². The Labute approximate surface area is 123 Å². The average Bonchev–Trinajstić information content (AvgIpc) is 2.69. The van der Waals surface area contributed by atoms with Crippen LogP contribution >= 0.6 is 22.9 Å². The van der Waals surface area contributed by atoms with Crippen LogP contribution in [0.25, 0.3) is 0 Å². The fourth-order valence-corrected chi connectivity index (χ4v) is 4.99. The lowest BCUT2D eigenvalue weighted by molar-refractivity contribution is -0.0851. The Morgan fingerprint density at radius 2 is 2.42 bits per heavy atom. The molecular formula is C14H20ClNO2S. The van der Waals surface area contributed by atoms with Gasteiger partial charge in [0.15, 0.2) is 0 Å². The number of methoxy groups -OCH3 is 1. The van der Waals surface area contributed by atoms with Crippen LogP contribution < -0.4 is 5.32 Å². The number of ether oxygens (including phenoxy) is 2. The number of thiophene rings is 1. The van der Waals surface area contributed by atoms with E-state index in [4.69, 9.17) is 21.1 Å². The van der Waals surface area contributed by atoms with Gasteiger partial charge in [0.2, 0.25) is 0 Å². The molecule has 1 spiro atoms. The number of fused-ring (bicyclic) bond motifs is 2. The largest absolute Gasteiger partial charge is 0.380 e. The summed E-state index contributed by atoms with van der Waals surface area (Å²) in [6, 6.07) is 0.492. The van der Waals surface area contributed by atoms with E-state index >= 15 is 0 Å². The van der Waals surface area contributed by atoms with Gasteiger partial charge in [-0.05, 0) is 38.3 Å². The summed E-state index contributed by atoms with van der Waals surface area (Å²) in [4.78, 5) is 1.35. The molecule has 0 amide bonds. The zero-order valence-corrected chi connectivity index (χ0v) is 13.0. The first-order valence-electron chi connectivity index (χ1n) is 6.83. The Hall–Kier alpha value is -0.130. The molecule has 2 aliphatic rings. The van der Waals surface area contributed by atoms with Crippen molar-refractivity contribution in [3.63, 3.8) is 0 Å². The SMILES string of the molecule is COCc1c(Cl)sc2c1CCO[C@@]21CCN[C@@H](C)C1. The van der Waals surface area contributed by atoms with Gasteiger partial charge in [0.25, 0.3) is 0 Å². The summed E-state index contributed by atoms with van der Waals surface area (Å²) >= 11 is 8.12. The Balaban J connectivity index is 2.02. The van der Waals surface area contributed by atoms with E-state index < -0.39 is 0 Å². The molecule has 5 heteroatoms. The summed E-state index contributed by atoms with van der Waals surface area (Å²) in [5, 5.41) is 3.50. The number of piperidine rings is 1. The number of halogens is 1. The van der Waals surface area contributed by atoms with Crippen molar-refractivity contribution < 1.29 is 9.47 Å². The van der Waals surface area contributed by atoms with Crippen LogP contribution in [-0.4, -0.2) is 26.3 Å². The van der Waals surface area contributed by atoms with Gasteiger partial charge in [-0.1, -0.05) is 11.6 Å². The summed E-state index contributed by atoms with van der Waals surface area (Å²) in [5.41, 5.74) is 2.45. The highest BCUT2D eigenvalue weighted by Gasteiger charge is 2.43. The maximum absolute atomic E-state index is 6.42. The Kier molecular flexibility index (Phi) is 3.89. The van der Waals surface area contributed by atoms with Gasteiger partial charge in [-0.3, -0.25) is 0 Å². The number of hydrogen-bond acceptors (Lipinski definition) is 4. The van der Waals surface area contributed by atoms with Gasteiger partial charge in [0, 0.05) is 23.6 Å². The van der Waals surface area contributed by atoms with Crippen LogP contribution in [0, 0.1) is 0 Å². The molecule has 0 aliphatic carbocycles. The number of nitrogens with one attached hydrogen (secondary N) is 1. The molecule has 1 aromatic heterocycles. The highest BCUT2D eigenvalue weighted by molar-refractivity contribution is 7.16. The summed E-state index contributed by atoms with van der Waals surface area (Å²) in [7, 11) is 1.72. The van der Waals surface area contributed by atoms with Gasteiger partial charge in [-0.25, -0.2) is 0 Å². The van der Waals surface area contributed by atoms with E-state index in [9.17, 15) is 0 Å². The molecule has 1 N–H and O–H groups in total. The predicted octanol–water partition coefficient (Wildman–Crippen LogP) is 3.09. The van der Waals surface area contributed by atoms with Gasteiger partial charge in [-0.15, -0.1) is 11.3 Å². The highest BCUT2D eigenvalue weighted by Crippen LogP contribution is 2.48. The van der Waals surface area contributed by atoms with Gasteiger partial charge in [-0.2, -0.15) is 0 Å². The van der Waals surface area contributed by atoms with Crippen molar-refractivity contribution in [1.29, 1.82) is 0 Å². The normalized spacial score (nSPS) is 30.6. The predicted molar refractivity (Wildman–Crippen MR) is 78.1 cm³/mol. The molecule has 3 nitrogen and oxygen atoms in total. The van der Waals surface area contributed by atoms with Crippen LogP contribution in [0.1, 0.15) is 35.8 Å². The van der Waals surface area contributed by atoms with Crippen LogP contribution in [0.15, 0.2) is 0 Å². The molecule has 106 valence electrons. The van der Waals surface area contributed by atoms with Crippen LogP contribution in [0.5, 0.6) is 0 Å². The number of hydrogen-bond donors (Lipinski definition) is 1. The van der Waals surface area contributed by atoms with E-state index in [0.717, 1.165) is 36.8 Å². The molecule has 0 saturated carbocycles. The molecular weight excluding hydrogens is 282 g/mol. The first kappa shape index (κ1) is 13.8. The minimum atomic E-state index is -0.113. The monoisotopic (exact) mass is 301 g/mol. The maximum Gasteiger partial charge on any atom is 0.105 e. The highest BCUT2D eigenvalue weighted by atomic mass is 35.5. The molecule has 3 rings (SSSR count). The van der Waals surface area contributed by atoms with Crippen LogP contribution in [-0.2, 0) is 28.1 Å². The van der Waals surface area contributed by atoms with Gasteiger partial charge >= 0.3 is 0 Å². The third kappa shape index (κ3) is 2.34. The maximum atomic E-state index is 6.42. The summed E-state index contributed by atoms with van der Waals surface area (Å²) in [6.45, 7) is 4.64. The lowest BCUT2D eigenvalue weighted by Crippen LogP contribution is -2.48. The van der Waals surface area contributed by atoms with Gasteiger partial charge < -0.3 is 14.8 Å². The van der Waals surface area contributed by atoms with Crippen molar-refractivity contribution in [2.24, 2.45) is 0 Å². The van der Waals surface area contributed by atoms with Crippen molar-refractivity contribution in [3.05, 3.63) is 20.3 Å². The minimum absolute atomic E-state index is 0.113. The zero-order chi connectivity index (χ0) is 13.5. The second-order valence-electron chi connectivity index (χ2n) is 5.50. The Morgan fingerprint density at radius 1 is 1.58 bits per heavy atom. The minimum Gasteiger partial charge on any atom is -0.380 e. The Bertz CT molecular complexity index is 476. The van der Waals surface area contributed by atoms with Crippen molar-refractivity contribution in [2.75, 3.05) is 20.3 Å². The Morgan fingerprint density at radius 3 is 3.16 bits per heavy atom. The van der Waals surface area contributed by atoms with Crippen molar-refractivity contribution in [3.8, 4) is 0 Å². The lowest BCUT2D eigenvalue weighted by Gasteiger charge is -2.43. The van der Waals surface area contributed by atoms with Gasteiger partial charge in [0.05, 0.1) is 17.6 Å². The molecule has 0 unspecified atom stereocenters. The zero-order valence-electron chi connectivity index (χ0n) is 11.4. The van der Waals surface area contributed by atoms with Crippen LogP contribution in [0.4, 0.5) is 0 Å². The second kappa shape index (κ2) is 5.34.